The maximum absolute atomic E-state index is 12.0. The molecule has 1 amide bonds. The predicted octanol–water partition coefficient (Wildman–Crippen LogP) is 1.92. The Labute approximate surface area is 123 Å². The molecule has 0 bridgehead atoms. The number of aliphatic hydroxyl groups excluding tert-OH is 1. The zero-order chi connectivity index (χ0) is 13.2. The third-order valence-electron chi connectivity index (χ3n) is 3.44. The quantitative estimate of drug-likeness (QED) is 0.792. The summed E-state index contributed by atoms with van der Waals surface area (Å²) in [6.07, 6.45) is 0.0479. The summed E-state index contributed by atoms with van der Waals surface area (Å²) in [5.41, 5.74) is 0.784. The predicted molar refractivity (Wildman–Crippen MR) is 82.2 cm³/mol. The number of carbonyl (C=O) groups is 1. The van der Waals surface area contributed by atoms with Gasteiger partial charge in [-0.2, -0.15) is 0 Å². The van der Waals surface area contributed by atoms with E-state index in [1.165, 1.54) is 0 Å². The fourth-order valence-electron chi connectivity index (χ4n) is 2.41. The average Bonchev–Trinajstić information content (AvgIpc) is 2.85. The van der Waals surface area contributed by atoms with Crippen LogP contribution in [-0.2, 0) is 4.79 Å². The number of anilines is 1. The van der Waals surface area contributed by atoms with Crippen molar-refractivity contribution in [3.05, 3.63) is 42.5 Å². The van der Waals surface area contributed by atoms with Crippen molar-refractivity contribution in [2.45, 2.75) is 18.6 Å². The molecule has 0 aliphatic carbocycles. The SMILES string of the molecule is Cl.O=C(Nc1ccc2ccccc2c1)[C@@H]1C[C@@H](O)CN1. The number of fused-ring (bicyclic) bond motifs is 1. The molecule has 5 heteroatoms. The number of halogens is 1. The van der Waals surface area contributed by atoms with E-state index >= 15 is 0 Å². The lowest BCUT2D eigenvalue weighted by molar-refractivity contribution is -0.117. The van der Waals surface area contributed by atoms with Gasteiger partial charge in [-0.05, 0) is 29.3 Å². The largest absolute Gasteiger partial charge is 0.392 e. The Morgan fingerprint density at radius 3 is 2.65 bits per heavy atom. The van der Waals surface area contributed by atoms with Gasteiger partial charge in [0.15, 0.2) is 0 Å². The van der Waals surface area contributed by atoms with Crippen molar-refractivity contribution in [1.29, 1.82) is 0 Å². The highest BCUT2D eigenvalue weighted by Gasteiger charge is 2.27. The molecule has 0 unspecified atom stereocenters. The number of benzene rings is 2. The summed E-state index contributed by atoms with van der Waals surface area (Å²) in [4.78, 5) is 12.0. The number of nitrogens with one attached hydrogen (secondary N) is 2. The second-order valence-corrected chi connectivity index (χ2v) is 4.90. The molecular formula is C15H17ClN2O2. The van der Waals surface area contributed by atoms with Crippen LogP contribution in [0.4, 0.5) is 5.69 Å². The first-order valence-electron chi connectivity index (χ1n) is 6.43. The molecule has 0 aromatic heterocycles. The molecule has 2 aromatic carbocycles. The first-order valence-corrected chi connectivity index (χ1v) is 6.43. The molecule has 3 N–H and O–H groups in total. The van der Waals surface area contributed by atoms with E-state index < -0.39 is 6.10 Å². The third-order valence-corrected chi connectivity index (χ3v) is 3.44. The highest BCUT2D eigenvalue weighted by atomic mass is 35.5. The molecule has 1 aliphatic heterocycles. The first kappa shape index (κ1) is 14.8. The van der Waals surface area contributed by atoms with Crippen molar-refractivity contribution in [2.75, 3.05) is 11.9 Å². The van der Waals surface area contributed by atoms with Gasteiger partial charge in [0.05, 0.1) is 12.1 Å². The molecule has 2 aromatic rings. The van der Waals surface area contributed by atoms with Crippen LogP contribution >= 0.6 is 12.4 Å². The molecular weight excluding hydrogens is 276 g/mol. The van der Waals surface area contributed by atoms with Crippen LogP contribution < -0.4 is 10.6 Å². The van der Waals surface area contributed by atoms with Crippen LogP contribution in [0.5, 0.6) is 0 Å². The average molecular weight is 293 g/mol. The molecule has 1 heterocycles. The number of hydrogen-bond acceptors (Lipinski definition) is 3. The van der Waals surface area contributed by atoms with E-state index in [9.17, 15) is 9.90 Å². The zero-order valence-electron chi connectivity index (χ0n) is 10.9. The zero-order valence-corrected chi connectivity index (χ0v) is 11.7. The van der Waals surface area contributed by atoms with Crippen molar-refractivity contribution in [1.82, 2.24) is 5.32 Å². The smallest absolute Gasteiger partial charge is 0.241 e. The maximum atomic E-state index is 12.0. The Morgan fingerprint density at radius 1 is 1.20 bits per heavy atom. The second kappa shape index (κ2) is 6.22. The molecule has 1 fully saturated rings. The highest BCUT2D eigenvalue weighted by molar-refractivity contribution is 5.97. The Morgan fingerprint density at radius 2 is 1.95 bits per heavy atom. The Hall–Kier alpha value is -1.62. The van der Waals surface area contributed by atoms with Gasteiger partial charge in [0.25, 0.3) is 0 Å². The molecule has 4 nitrogen and oxygen atoms in total. The molecule has 1 aliphatic rings. The first-order chi connectivity index (χ1) is 9.22. The van der Waals surface area contributed by atoms with Gasteiger partial charge < -0.3 is 15.7 Å². The van der Waals surface area contributed by atoms with Crippen LogP contribution in [-0.4, -0.2) is 29.7 Å². The van der Waals surface area contributed by atoms with E-state index in [-0.39, 0.29) is 24.4 Å². The van der Waals surface area contributed by atoms with Crippen LogP contribution in [0.3, 0.4) is 0 Å². The van der Waals surface area contributed by atoms with Crippen molar-refractivity contribution in [3.63, 3.8) is 0 Å². The van der Waals surface area contributed by atoms with Gasteiger partial charge in [0.2, 0.25) is 5.91 Å². The number of amides is 1. The lowest BCUT2D eigenvalue weighted by Crippen LogP contribution is -2.35. The number of β-amino-alcohol motifs (C(OH)–C–C–N with tert-alkyl or cyclic N) is 1. The Kier molecular flexibility index (Phi) is 4.60. The topological polar surface area (TPSA) is 61.4 Å². The van der Waals surface area contributed by atoms with Crippen LogP contribution in [0.15, 0.2) is 42.5 Å². The van der Waals surface area contributed by atoms with Crippen LogP contribution in [0.2, 0.25) is 0 Å². The fraction of sp³-hybridized carbons (Fsp3) is 0.267. The molecule has 2 atom stereocenters. The summed E-state index contributed by atoms with van der Waals surface area (Å²) in [6.45, 7) is 0.482. The maximum Gasteiger partial charge on any atom is 0.241 e. The van der Waals surface area contributed by atoms with Crippen LogP contribution in [0.1, 0.15) is 6.42 Å². The normalized spacial score (nSPS) is 21.4. The lowest BCUT2D eigenvalue weighted by atomic mass is 10.1. The minimum Gasteiger partial charge on any atom is -0.392 e. The lowest BCUT2D eigenvalue weighted by Gasteiger charge is -2.11. The van der Waals surface area contributed by atoms with E-state index in [0.717, 1.165) is 16.5 Å². The van der Waals surface area contributed by atoms with E-state index in [2.05, 4.69) is 10.6 Å². The molecule has 3 rings (SSSR count). The number of carbonyl (C=O) groups excluding carboxylic acids is 1. The van der Waals surface area contributed by atoms with Crippen LogP contribution in [0.25, 0.3) is 10.8 Å². The summed E-state index contributed by atoms with van der Waals surface area (Å²) in [7, 11) is 0. The van der Waals surface area contributed by atoms with Gasteiger partial charge in [-0.25, -0.2) is 0 Å². The number of rotatable bonds is 2. The van der Waals surface area contributed by atoms with Gasteiger partial charge in [-0.3, -0.25) is 4.79 Å². The van der Waals surface area contributed by atoms with Crippen molar-refractivity contribution < 1.29 is 9.90 Å². The molecule has 20 heavy (non-hydrogen) atoms. The van der Waals surface area contributed by atoms with E-state index in [1.54, 1.807) is 0 Å². The summed E-state index contributed by atoms with van der Waals surface area (Å²) < 4.78 is 0. The van der Waals surface area contributed by atoms with Crippen molar-refractivity contribution >= 4 is 34.8 Å². The van der Waals surface area contributed by atoms with Gasteiger partial charge in [-0.15, -0.1) is 12.4 Å². The second-order valence-electron chi connectivity index (χ2n) is 4.90. The van der Waals surface area contributed by atoms with Crippen molar-refractivity contribution in [2.24, 2.45) is 0 Å². The molecule has 1 saturated heterocycles. The standard InChI is InChI=1S/C15H16N2O2.ClH/c18-13-8-14(16-9-13)15(19)17-12-6-5-10-3-1-2-4-11(10)7-12;/h1-7,13-14,16,18H,8-9H2,(H,17,19);1H/t13-,14+;/m1./s1. The summed E-state index contributed by atoms with van der Waals surface area (Å²) in [6, 6.07) is 13.6. The highest BCUT2D eigenvalue weighted by Crippen LogP contribution is 2.19. The third kappa shape index (κ3) is 3.10. The summed E-state index contributed by atoms with van der Waals surface area (Å²) in [5, 5.41) is 17.5. The molecule has 0 saturated carbocycles. The summed E-state index contributed by atoms with van der Waals surface area (Å²) in [5.74, 6) is -0.0909. The monoisotopic (exact) mass is 292 g/mol. The fourth-order valence-corrected chi connectivity index (χ4v) is 2.41. The van der Waals surface area contributed by atoms with E-state index in [4.69, 9.17) is 0 Å². The van der Waals surface area contributed by atoms with E-state index in [1.807, 2.05) is 42.5 Å². The minimum atomic E-state index is -0.424. The molecule has 106 valence electrons. The number of aliphatic hydroxyl groups is 1. The Bertz CT molecular complexity index is 618. The molecule has 0 spiro atoms. The minimum absolute atomic E-state index is 0. The van der Waals surface area contributed by atoms with Crippen LogP contribution in [0, 0.1) is 0 Å². The van der Waals surface area contributed by atoms with Crippen molar-refractivity contribution in [3.8, 4) is 0 Å². The van der Waals surface area contributed by atoms with Gasteiger partial charge in [0.1, 0.15) is 0 Å². The number of hydrogen-bond donors (Lipinski definition) is 3. The molecule has 0 radical (unpaired) electrons. The van der Waals surface area contributed by atoms with Gasteiger partial charge in [-0.1, -0.05) is 30.3 Å². The summed E-state index contributed by atoms with van der Waals surface area (Å²) >= 11 is 0. The Balaban J connectivity index is 0.00000147. The van der Waals surface area contributed by atoms with Gasteiger partial charge in [0, 0.05) is 12.2 Å². The van der Waals surface area contributed by atoms with Gasteiger partial charge >= 0.3 is 0 Å². The van der Waals surface area contributed by atoms with E-state index in [0.29, 0.717) is 13.0 Å².